The molecule has 0 amide bonds. The Labute approximate surface area is 77.6 Å². The first-order valence-corrected chi connectivity index (χ1v) is 5.63. The van der Waals surface area contributed by atoms with Crippen LogP contribution in [-0.2, 0) is 4.57 Å². The Morgan fingerprint density at radius 2 is 2.23 bits per heavy atom. The predicted molar refractivity (Wildman–Crippen MR) is 51.3 cm³/mol. The van der Waals surface area contributed by atoms with Crippen molar-refractivity contribution < 1.29 is 13.5 Å². The summed E-state index contributed by atoms with van der Waals surface area (Å²) >= 11 is 0. The summed E-state index contributed by atoms with van der Waals surface area (Å²) < 4.78 is 29.2. The van der Waals surface area contributed by atoms with Crippen molar-refractivity contribution in [2.75, 3.05) is 6.16 Å². The maximum Gasteiger partial charge on any atom is 0.236 e. The SMILES string of the molecule is CC[PH](=O)Oc1cccc(C)c1F. The third-order valence-corrected chi connectivity index (χ3v) is 2.69. The van der Waals surface area contributed by atoms with Gasteiger partial charge in [-0.2, -0.15) is 0 Å². The van der Waals surface area contributed by atoms with Gasteiger partial charge in [0.25, 0.3) is 0 Å². The Bertz CT molecular complexity index is 325. The minimum atomic E-state index is -2.11. The van der Waals surface area contributed by atoms with Gasteiger partial charge in [-0.15, -0.1) is 0 Å². The molecule has 0 aliphatic carbocycles. The maximum absolute atomic E-state index is 13.3. The molecule has 1 aromatic rings. The summed E-state index contributed by atoms with van der Waals surface area (Å²) in [5.41, 5.74) is 0.503. The van der Waals surface area contributed by atoms with Crippen molar-refractivity contribution in [3.05, 3.63) is 29.6 Å². The van der Waals surface area contributed by atoms with Crippen LogP contribution in [0.3, 0.4) is 0 Å². The first-order valence-electron chi connectivity index (χ1n) is 4.11. The molecule has 0 spiro atoms. The summed E-state index contributed by atoms with van der Waals surface area (Å²) in [6, 6.07) is 4.81. The lowest BCUT2D eigenvalue weighted by molar-refractivity contribution is 0.476. The van der Waals surface area contributed by atoms with Gasteiger partial charge in [-0.25, -0.2) is 4.39 Å². The molecule has 0 saturated carbocycles. The van der Waals surface area contributed by atoms with E-state index in [2.05, 4.69) is 0 Å². The molecule has 0 N–H and O–H groups in total. The van der Waals surface area contributed by atoms with E-state index in [1.807, 2.05) is 0 Å². The summed E-state index contributed by atoms with van der Waals surface area (Å²) in [5.74, 6) is -0.333. The molecule has 1 aromatic carbocycles. The maximum atomic E-state index is 13.3. The van der Waals surface area contributed by atoms with Gasteiger partial charge in [-0.3, -0.25) is 4.57 Å². The molecule has 2 nitrogen and oxygen atoms in total. The van der Waals surface area contributed by atoms with E-state index in [4.69, 9.17) is 4.52 Å². The van der Waals surface area contributed by atoms with Crippen LogP contribution >= 0.6 is 8.03 Å². The van der Waals surface area contributed by atoms with E-state index in [0.29, 0.717) is 11.7 Å². The van der Waals surface area contributed by atoms with Crippen molar-refractivity contribution in [2.24, 2.45) is 0 Å². The van der Waals surface area contributed by atoms with E-state index >= 15 is 0 Å². The smallest absolute Gasteiger partial charge is 0.236 e. The number of aryl methyl sites for hydroxylation is 1. The molecule has 13 heavy (non-hydrogen) atoms. The standard InChI is InChI=1S/C9H12FO2P/c1-3-13(11)12-8-6-4-5-7(2)9(8)10/h4-6,13H,3H2,1-2H3. The van der Waals surface area contributed by atoms with E-state index < -0.39 is 13.8 Å². The van der Waals surface area contributed by atoms with Crippen LogP contribution in [0.25, 0.3) is 0 Å². The van der Waals surface area contributed by atoms with E-state index in [0.717, 1.165) is 0 Å². The van der Waals surface area contributed by atoms with Crippen molar-refractivity contribution in [1.29, 1.82) is 0 Å². The number of benzene rings is 1. The first kappa shape index (κ1) is 10.3. The average molecular weight is 202 g/mol. The van der Waals surface area contributed by atoms with Gasteiger partial charge in [-0.05, 0) is 18.6 Å². The van der Waals surface area contributed by atoms with Crippen LogP contribution in [0, 0.1) is 12.7 Å². The molecular formula is C9H12FO2P. The van der Waals surface area contributed by atoms with E-state index in [9.17, 15) is 8.96 Å². The summed E-state index contributed by atoms with van der Waals surface area (Å²) in [6.45, 7) is 3.39. The largest absolute Gasteiger partial charge is 0.442 e. The highest BCUT2D eigenvalue weighted by molar-refractivity contribution is 7.39. The highest BCUT2D eigenvalue weighted by Crippen LogP contribution is 2.29. The second kappa shape index (κ2) is 4.43. The molecule has 0 aromatic heterocycles. The van der Waals surface area contributed by atoms with Crippen molar-refractivity contribution in [2.45, 2.75) is 13.8 Å². The molecule has 4 heteroatoms. The van der Waals surface area contributed by atoms with Crippen LogP contribution < -0.4 is 4.52 Å². The molecule has 0 bridgehead atoms. The Kier molecular flexibility index (Phi) is 3.49. The fourth-order valence-electron chi connectivity index (χ4n) is 0.894. The highest BCUT2D eigenvalue weighted by atomic mass is 31.1. The molecule has 0 aliphatic heterocycles. The lowest BCUT2D eigenvalue weighted by Crippen LogP contribution is -1.89. The summed E-state index contributed by atoms with van der Waals surface area (Å²) in [7, 11) is -2.11. The average Bonchev–Trinajstić information content (AvgIpc) is 2.13. The summed E-state index contributed by atoms with van der Waals surface area (Å²) in [4.78, 5) is 0. The fourth-order valence-corrected chi connectivity index (χ4v) is 1.44. The zero-order valence-electron chi connectivity index (χ0n) is 7.63. The molecule has 1 rings (SSSR count). The Hall–Kier alpha value is -0.820. The monoisotopic (exact) mass is 202 g/mol. The minimum Gasteiger partial charge on any atom is -0.442 e. The number of halogens is 1. The predicted octanol–water partition coefficient (Wildman–Crippen LogP) is 3.01. The quantitative estimate of drug-likeness (QED) is 0.704. The van der Waals surface area contributed by atoms with Gasteiger partial charge in [0.2, 0.25) is 8.03 Å². The van der Waals surface area contributed by atoms with Gasteiger partial charge in [0.05, 0.1) is 0 Å². The fraction of sp³-hybridized carbons (Fsp3) is 0.333. The van der Waals surface area contributed by atoms with Gasteiger partial charge >= 0.3 is 0 Å². The first-order chi connectivity index (χ1) is 6.15. The molecule has 1 unspecified atom stereocenters. The summed E-state index contributed by atoms with van der Waals surface area (Å²) in [6.07, 6.45) is 0.429. The highest BCUT2D eigenvalue weighted by Gasteiger charge is 2.07. The minimum absolute atomic E-state index is 0.0886. The zero-order chi connectivity index (χ0) is 9.84. The van der Waals surface area contributed by atoms with Crippen LogP contribution in [0.2, 0.25) is 0 Å². The van der Waals surface area contributed by atoms with E-state index in [1.54, 1.807) is 26.0 Å². The van der Waals surface area contributed by atoms with Crippen LogP contribution in [-0.4, -0.2) is 6.16 Å². The summed E-state index contributed by atoms with van der Waals surface area (Å²) in [5, 5.41) is 0. The lowest BCUT2D eigenvalue weighted by Gasteiger charge is -2.06. The van der Waals surface area contributed by atoms with Gasteiger partial charge in [0.1, 0.15) is 0 Å². The second-order valence-electron chi connectivity index (χ2n) is 2.71. The van der Waals surface area contributed by atoms with E-state index in [-0.39, 0.29) is 5.75 Å². The number of hydrogen-bond donors (Lipinski definition) is 0. The molecule has 0 heterocycles. The Morgan fingerprint density at radius 1 is 1.54 bits per heavy atom. The zero-order valence-corrected chi connectivity index (χ0v) is 8.63. The van der Waals surface area contributed by atoms with Gasteiger partial charge < -0.3 is 4.52 Å². The molecular weight excluding hydrogens is 190 g/mol. The van der Waals surface area contributed by atoms with Gasteiger partial charge in [0.15, 0.2) is 11.6 Å². The second-order valence-corrected chi connectivity index (χ2v) is 4.37. The lowest BCUT2D eigenvalue weighted by atomic mass is 10.2. The van der Waals surface area contributed by atoms with E-state index in [1.165, 1.54) is 6.07 Å². The molecule has 0 aliphatic rings. The topological polar surface area (TPSA) is 26.3 Å². The van der Waals surface area contributed by atoms with Crippen molar-refractivity contribution >= 4 is 8.03 Å². The van der Waals surface area contributed by atoms with Crippen LogP contribution in [0.1, 0.15) is 12.5 Å². The molecule has 1 atom stereocenters. The molecule has 0 saturated heterocycles. The Balaban J connectivity index is 2.89. The third-order valence-electron chi connectivity index (χ3n) is 1.67. The van der Waals surface area contributed by atoms with Crippen molar-refractivity contribution in [1.82, 2.24) is 0 Å². The van der Waals surface area contributed by atoms with Crippen molar-refractivity contribution in [3.8, 4) is 5.75 Å². The van der Waals surface area contributed by atoms with Crippen LogP contribution in [0.4, 0.5) is 4.39 Å². The van der Waals surface area contributed by atoms with Gasteiger partial charge in [0, 0.05) is 6.16 Å². The van der Waals surface area contributed by atoms with Gasteiger partial charge in [-0.1, -0.05) is 19.1 Å². The molecule has 72 valence electrons. The number of hydrogen-bond acceptors (Lipinski definition) is 2. The molecule has 0 radical (unpaired) electrons. The molecule has 0 fully saturated rings. The van der Waals surface area contributed by atoms with Crippen LogP contribution in [0.5, 0.6) is 5.75 Å². The third kappa shape index (κ3) is 2.56. The normalized spacial score (nSPS) is 12.5. The van der Waals surface area contributed by atoms with Crippen molar-refractivity contribution in [3.63, 3.8) is 0 Å². The van der Waals surface area contributed by atoms with Crippen LogP contribution in [0.15, 0.2) is 18.2 Å². The number of rotatable bonds is 3. The Morgan fingerprint density at radius 3 is 2.85 bits per heavy atom.